The second-order valence-electron chi connectivity index (χ2n) is 4.79. The average molecular weight is 290 g/mol. The lowest BCUT2D eigenvalue weighted by Crippen LogP contribution is -2.19. The standard InChI is InChI=1S/C14H15FN4O2/c15-12-3-1-2-4-13(12)18-14(20)17-10-7-16-19(8-10)11-5-6-21-9-11/h1-4,7-8,11H,5-6,9H2,(H2,17,18,20). The molecule has 1 saturated heterocycles. The Hall–Kier alpha value is -2.41. The van der Waals surface area contributed by atoms with Gasteiger partial charge >= 0.3 is 6.03 Å². The summed E-state index contributed by atoms with van der Waals surface area (Å²) in [6.45, 7) is 1.35. The van der Waals surface area contributed by atoms with Crippen LogP contribution in [0.3, 0.4) is 0 Å². The van der Waals surface area contributed by atoms with Gasteiger partial charge in [0.25, 0.3) is 0 Å². The first kappa shape index (κ1) is 13.6. The van der Waals surface area contributed by atoms with E-state index in [4.69, 9.17) is 4.74 Å². The molecule has 1 aromatic heterocycles. The molecule has 1 aromatic carbocycles. The molecule has 0 saturated carbocycles. The van der Waals surface area contributed by atoms with Crippen LogP contribution in [0.2, 0.25) is 0 Å². The number of urea groups is 1. The average Bonchev–Trinajstić information content (AvgIpc) is 3.12. The van der Waals surface area contributed by atoms with E-state index in [-0.39, 0.29) is 11.7 Å². The van der Waals surface area contributed by atoms with Crippen molar-refractivity contribution < 1.29 is 13.9 Å². The van der Waals surface area contributed by atoms with E-state index in [1.54, 1.807) is 29.2 Å². The molecular weight excluding hydrogens is 275 g/mol. The van der Waals surface area contributed by atoms with Crippen LogP contribution in [-0.4, -0.2) is 29.0 Å². The number of ether oxygens (including phenoxy) is 1. The molecule has 6 nitrogen and oxygen atoms in total. The molecule has 1 fully saturated rings. The molecule has 110 valence electrons. The molecule has 1 unspecified atom stereocenters. The van der Waals surface area contributed by atoms with Gasteiger partial charge in [-0.15, -0.1) is 0 Å². The van der Waals surface area contributed by atoms with E-state index >= 15 is 0 Å². The fourth-order valence-electron chi connectivity index (χ4n) is 2.18. The lowest BCUT2D eigenvalue weighted by atomic mass is 10.3. The molecule has 1 aliphatic heterocycles. The molecule has 2 heterocycles. The number of hydrogen-bond donors (Lipinski definition) is 2. The highest BCUT2D eigenvalue weighted by molar-refractivity contribution is 5.99. The Bertz CT molecular complexity index is 637. The number of halogens is 1. The second kappa shape index (κ2) is 5.92. The van der Waals surface area contributed by atoms with Crippen molar-refractivity contribution in [1.82, 2.24) is 9.78 Å². The quantitative estimate of drug-likeness (QED) is 0.913. The summed E-state index contributed by atoms with van der Waals surface area (Å²) < 4.78 is 20.5. The second-order valence-corrected chi connectivity index (χ2v) is 4.79. The fourth-order valence-corrected chi connectivity index (χ4v) is 2.18. The smallest absolute Gasteiger partial charge is 0.323 e. The van der Waals surface area contributed by atoms with Crippen LogP contribution in [0.5, 0.6) is 0 Å². The Kier molecular flexibility index (Phi) is 3.83. The lowest BCUT2D eigenvalue weighted by molar-refractivity contribution is 0.184. The lowest BCUT2D eigenvalue weighted by Gasteiger charge is -2.08. The van der Waals surface area contributed by atoms with Gasteiger partial charge in [0, 0.05) is 12.8 Å². The Morgan fingerprint density at radius 2 is 2.24 bits per heavy atom. The molecule has 3 rings (SSSR count). The number of carbonyl (C=O) groups excluding carboxylic acids is 1. The van der Waals surface area contributed by atoms with Gasteiger partial charge in [-0.3, -0.25) is 4.68 Å². The van der Waals surface area contributed by atoms with E-state index in [1.807, 2.05) is 0 Å². The number of nitrogens with one attached hydrogen (secondary N) is 2. The zero-order valence-corrected chi connectivity index (χ0v) is 11.3. The third-order valence-corrected chi connectivity index (χ3v) is 3.26. The first-order valence-corrected chi connectivity index (χ1v) is 6.67. The van der Waals surface area contributed by atoms with Gasteiger partial charge in [-0.1, -0.05) is 12.1 Å². The largest absolute Gasteiger partial charge is 0.379 e. The topological polar surface area (TPSA) is 68.2 Å². The zero-order valence-electron chi connectivity index (χ0n) is 11.3. The van der Waals surface area contributed by atoms with E-state index in [0.29, 0.717) is 12.3 Å². The maximum atomic E-state index is 13.4. The predicted octanol–water partition coefficient (Wildman–Crippen LogP) is 2.63. The first-order chi connectivity index (χ1) is 10.2. The van der Waals surface area contributed by atoms with Gasteiger partial charge in [0.15, 0.2) is 0 Å². The maximum Gasteiger partial charge on any atom is 0.323 e. The van der Waals surface area contributed by atoms with Crippen LogP contribution in [0.4, 0.5) is 20.6 Å². The number of amides is 2. The summed E-state index contributed by atoms with van der Waals surface area (Å²) in [5.41, 5.74) is 0.683. The summed E-state index contributed by atoms with van der Waals surface area (Å²) in [6.07, 6.45) is 4.20. The Labute approximate surface area is 120 Å². The van der Waals surface area contributed by atoms with Crippen LogP contribution in [0, 0.1) is 5.82 Å². The number of aromatic nitrogens is 2. The van der Waals surface area contributed by atoms with Crippen molar-refractivity contribution in [2.75, 3.05) is 23.8 Å². The van der Waals surface area contributed by atoms with Crippen molar-refractivity contribution in [3.8, 4) is 0 Å². The van der Waals surface area contributed by atoms with Gasteiger partial charge in [-0.2, -0.15) is 5.10 Å². The minimum atomic E-state index is -0.512. The van der Waals surface area contributed by atoms with E-state index in [2.05, 4.69) is 15.7 Å². The highest BCUT2D eigenvalue weighted by atomic mass is 19.1. The maximum absolute atomic E-state index is 13.4. The minimum absolute atomic E-state index is 0.131. The summed E-state index contributed by atoms with van der Waals surface area (Å²) in [6, 6.07) is 5.68. The molecule has 0 spiro atoms. The Balaban J connectivity index is 1.61. The molecule has 0 radical (unpaired) electrons. The van der Waals surface area contributed by atoms with Crippen LogP contribution < -0.4 is 10.6 Å². The Morgan fingerprint density at radius 3 is 3.00 bits per heavy atom. The minimum Gasteiger partial charge on any atom is -0.379 e. The van der Waals surface area contributed by atoms with Crippen LogP contribution in [0.15, 0.2) is 36.7 Å². The highest BCUT2D eigenvalue weighted by Crippen LogP contribution is 2.20. The van der Waals surface area contributed by atoms with E-state index in [9.17, 15) is 9.18 Å². The van der Waals surface area contributed by atoms with Gasteiger partial charge < -0.3 is 15.4 Å². The van der Waals surface area contributed by atoms with Gasteiger partial charge in [0.2, 0.25) is 0 Å². The number of rotatable bonds is 3. The van der Waals surface area contributed by atoms with Crippen molar-refractivity contribution >= 4 is 17.4 Å². The summed E-state index contributed by atoms with van der Waals surface area (Å²) in [5, 5.41) is 9.27. The van der Waals surface area contributed by atoms with Crippen molar-refractivity contribution in [1.29, 1.82) is 0 Å². The normalized spacial score (nSPS) is 17.7. The summed E-state index contributed by atoms with van der Waals surface area (Å²) in [5.74, 6) is -0.480. The molecular formula is C14H15FN4O2. The third-order valence-electron chi connectivity index (χ3n) is 3.26. The van der Waals surface area contributed by atoms with Crippen LogP contribution in [-0.2, 0) is 4.74 Å². The number of para-hydroxylation sites is 1. The van der Waals surface area contributed by atoms with E-state index in [0.717, 1.165) is 13.0 Å². The molecule has 21 heavy (non-hydrogen) atoms. The van der Waals surface area contributed by atoms with E-state index in [1.165, 1.54) is 12.1 Å². The fraction of sp³-hybridized carbons (Fsp3) is 0.286. The molecule has 1 atom stereocenters. The van der Waals surface area contributed by atoms with Gasteiger partial charge in [-0.25, -0.2) is 9.18 Å². The zero-order chi connectivity index (χ0) is 14.7. The molecule has 0 aliphatic carbocycles. The van der Waals surface area contributed by atoms with Gasteiger partial charge in [0.1, 0.15) is 5.82 Å². The van der Waals surface area contributed by atoms with Crippen LogP contribution >= 0.6 is 0 Å². The van der Waals surface area contributed by atoms with Crippen LogP contribution in [0.25, 0.3) is 0 Å². The van der Waals surface area contributed by atoms with Crippen molar-refractivity contribution in [2.24, 2.45) is 0 Å². The monoisotopic (exact) mass is 290 g/mol. The molecule has 2 N–H and O–H groups in total. The van der Waals surface area contributed by atoms with E-state index < -0.39 is 11.8 Å². The molecule has 7 heteroatoms. The SMILES string of the molecule is O=C(Nc1cnn(C2CCOC2)c1)Nc1ccccc1F. The number of anilines is 2. The van der Waals surface area contributed by atoms with Gasteiger partial charge in [0.05, 0.1) is 30.2 Å². The van der Waals surface area contributed by atoms with Crippen molar-refractivity contribution in [2.45, 2.75) is 12.5 Å². The molecule has 1 aliphatic rings. The third kappa shape index (κ3) is 3.19. The number of nitrogens with zero attached hydrogens (tertiary/aromatic N) is 2. The first-order valence-electron chi connectivity index (χ1n) is 6.67. The van der Waals surface area contributed by atoms with Crippen molar-refractivity contribution in [3.05, 3.63) is 42.5 Å². The summed E-state index contributed by atoms with van der Waals surface area (Å²) in [4.78, 5) is 11.8. The van der Waals surface area contributed by atoms with Crippen LogP contribution in [0.1, 0.15) is 12.5 Å². The molecule has 0 bridgehead atoms. The Morgan fingerprint density at radius 1 is 1.38 bits per heavy atom. The molecule has 2 amide bonds. The number of benzene rings is 1. The summed E-state index contributed by atoms with van der Waals surface area (Å²) >= 11 is 0. The highest BCUT2D eigenvalue weighted by Gasteiger charge is 2.18. The number of carbonyl (C=O) groups is 1. The summed E-state index contributed by atoms with van der Waals surface area (Å²) in [7, 11) is 0. The van der Waals surface area contributed by atoms with Crippen molar-refractivity contribution in [3.63, 3.8) is 0 Å². The van der Waals surface area contributed by atoms with Gasteiger partial charge in [-0.05, 0) is 18.6 Å². The predicted molar refractivity (Wildman–Crippen MR) is 75.7 cm³/mol. The molecule has 2 aromatic rings. The number of hydrogen-bond acceptors (Lipinski definition) is 3.